The molecule has 0 atom stereocenters. The third-order valence-electron chi connectivity index (χ3n) is 3.02. The normalized spacial score (nSPS) is 11.0. The fraction of sp³-hybridized carbons (Fsp3) is 0.0667. The Hall–Kier alpha value is -3.22. The minimum absolute atomic E-state index is 0.273. The Morgan fingerprint density at radius 2 is 2.14 bits per heavy atom. The van der Waals surface area contributed by atoms with Gasteiger partial charge in [0.1, 0.15) is 5.69 Å². The van der Waals surface area contributed by atoms with E-state index in [1.807, 2.05) is 30.3 Å². The van der Waals surface area contributed by atoms with Crippen molar-refractivity contribution in [1.29, 1.82) is 0 Å². The van der Waals surface area contributed by atoms with E-state index in [0.717, 1.165) is 5.56 Å². The van der Waals surface area contributed by atoms with Crippen LogP contribution in [0.4, 0.5) is 5.82 Å². The first-order chi connectivity index (χ1) is 10.8. The number of hydrogen-bond acceptors (Lipinski definition) is 5. The monoisotopic (exact) mass is 294 g/mol. The molecule has 0 saturated heterocycles. The van der Waals surface area contributed by atoms with E-state index in [-0.39, 0.29) is 11.6 Å². The molecule has 3 aromatic rings. The molecule has 2 N–H and O–H groups in total. The number of anilines is 1. The summed E-state index contributed by atoms with van der Waals surface area (Å²) in [5.41, 5.74) is 4.22. The first-order valence-electron chi connectivity index (χ1n) is 6.68. The fourth-order valence-electron chi connectivity index (χ4n) is 1.97. The van der Waals surface area contributed by atoms with Crippen LogP contribution in [-0.4, -0.2) is 33.5 Å². The topological polar surface area (TPSA) is 83.7 Å². The molecule has 0 spiro atoms. The SMILES string of the molecule is CNc1nccn2cc(C(=O)N/N=C/c3ccccc3)nc12. The van der Waals surface area contributed by atoms with Crippen molar-refractivity contribution in [3.63, 3.8) is 0 Å². The molecule has 7 heteroatoms. The van der Waals surface area contributed by atoms with Crippen LogP contribution in [0, 0.1) is 0 Å². The van der Waals surface area contributed by atoms with Crippen molar-refractivity contribution in [1.82, 2.24) is 19.8 Å². The van der Waals surface area contributed by atoms with E-state index in [1.54, 1.807) is 36.3 Å². The lowest BCUT2D eigenvalue weighted by Gasteiger charge is -1.98. The molecule has 0 bridgehead atoms. The molecular formula is C15H14N6O. The molecule has 0 fully saturated rings. The van der Waals surface area contributed by atoms with Crippen LogP contribution >= 0.6 is 0 Å². The summed E-state index contributed by atoms with van der Waals surface area (Å²) in [5, 5.41) is 6.86. The number of amides is 1. The summed E-state index contributed by atoms with van der Waals surface area (Å²) >= 11 is 0. The van der Waals surface area contributed by atoms with Crippen LogP contribution in [-0.2, 0) is 0 Å². The number of benzene rings is 1. The van der Waals surface area contributed by atoms with Crippen molar-refractivity contribution in [2.75, 3.05) is 12.4 Å². The van der Waals surface area contributed by atoms with Crippen molar-refractivity contribution in [2.45, 2.75) is 0 Å². The lowest BCUT2D eigenvalue weighted by Crippen LogP contribution is -2.17. The van der Waals surface area contributed by atoms with E-state index in [0.29, 0.717) is 11.5 Å². The van der Waals surface area contributed by atoms with E-state index in [1.165, 1.54) is 0 Å². The molecule has 110 valence electrons. The van der Waals surface area contributed by atoms with Gasteiger partial charge in [0.15, 0.2) is 11.5 Å². The van der Waals surface area contributed by atoms with Gasteiger partial charge in [0.25, 0.3) is 5.91 Å². The van der Waals surface area contributed by atoms with Crippen LogP contribution in [0.25, 0.3) is 5.65 Å². The summed E-state index contributed by atoms with van der Waals surface area (Å²) in [5.74, 6) is 0.229. The third-order valence-corrected chi connectivity index (χ3v) is 3.02. The maximum absolute atomic E-state index is 12.1. The van der Waals surface area contributed by atoms with Crippen LogP contribution in [0.3, 0.4) is 0 Å². The molecule has 1 aromatic carbocycles. The second-order valence-corrected chi connectivity index (χ2v) is 4.49. The van der Waals surface area contributed by atoms with Crippen LogP contribution in [0.2, 0.25) is 0 Å². The molecule has 0 radical (unpaired) electrons. The summed E-state index contributed by atoms with van der Waals surface area (Å²) in [4.78, 5) is 20.5. The van der Waals surface area contributed by atoms with Crippen molar-refractivity contribution < 1.29 is 4.79 Å². The summed E-state index contributed by atoms with van der Waals surface area (Å²) < 4.78 is 1.73. The van der Waals surface area contributed by atoms with Gasteiger partial charge in [-0.25, -0.2) is 15.4 Å². The van der Waals surface area contributed by atoms with Gasteiger partial charge in [-0.3, -0.25) is 4.79 Å². The zero-order valence-electron chi connectivity index (χ0n) is 11.9. The zero-order valence-corrected chi connectivity index (χ0v) is 11.9. The van der Waals surface area contributed by atoms with Gasteiger partial charge in [0.2, 0.25) is 0 Å². The van der Waals surface area contributed by atoms with Gasteiger partial charge in [-0.1, -0.05) is 30.3 Å². The van der Waals surface area contributed by atoms with E-state index >= 15 is 0 Å². The number of carbonyl (C=O) groups is 1. The Balaban J connectivity index is 1.76. The largest absolute Gasteiger partial charge is 0.370 e. The van der Waals surface area contributed by atoms with Crippen molar-refractivity contribution in [3.8, 4) is 0 Å². The lowest BCUT2D eigenvalue weighted by molar-refractivity contribution is 0.0951. The summed E-state index contributed by atoms with van der Waals surface area (Å²) in [7, 11) is 1.75. The summed E-state index contributed by atoms with van der Waals surface area (Å²) in [6.45, 7) is 0. The average molecular weight is 294 g/mol. The molecule has 0 aliphatic rings. The minimum atomic E-state index is -0.377. The molecule has 2 heterocycles. The summed E-state index contributed by atoms with van der Waals surface area (Å²) in [6, 6.07) is 9.51. The second kappa shape index (κ2) is 6.04. The molecule has 7 nitrogen and oxygen atoms in total. The van der Waals surface area contributed by atoms with Crippen LogP contribution in [0.15, 0.2) is 54.0 Å². The van der Waals surface area contributed by atoms with E-state index in [4.69, 9.17) is 0 Å². The number of fused-ring (bicyclic) bond motifs is 1. The number of hydrogen-bond donors (Lipinski definition) is 2. The maximum Gasteiger partial charge on any atom is 0.291 e. The molecule has 3 rings (SSSR count). The number of nitrogens with one attached hydrogen (secondary N) is 2. The van der Waals surface area contributed by atoms with Gasteiger partial charge >= 0.3 is 0 Å². The number of imidazole rings is 1. The Kier molecular flexibility index (Phi) is 3.78. The predicted molar refractivity (Wildman–Crippen MR) is 84.0 cm³/mol. The van der Waals surface area contributed by atoms with Crippen molar-refractivity contribution in [3.05, 3.63) is 60.2 Å². The first kappa shape index (κ1) is 13.7. The zero-order chi connectivity index (χ0) is 15.4. The molecule has 1 amide bonds. The number of nitrogens with zero attached hydrogens (tertiary/aromatic N) is 4. The first-order valence-corrected chi connectivity index (χ1v) is 6.68. The molecule has 0 saturated carbocycles. The maximum atomic E-state index is 12.1. The smallest absolute Gasteiger partial charge is 0.291 e. The highest BCUT2D eigenvalue weighted by Crippen LogP contribution is 2.12. The van der Waals surface area contributed by atoms with Crippen LogP contribution < -0.4 is 10.7 Å². The van der Waals surface area contributed by atoms with Gasteiger partial charge in [0.05, 0.1) is 6.21 Å². The Labute approximate surface area is 126 Å². The number of hydrazone groups is 1. The molecule has 22 heavy (non-hydrogen) atoms. The second-order valence-electron chi connectivity index (χ2n) is 4.49. The molecule has 2 aromatic heterocycles. The standard InChI is InChI=1S/C15H14N6O/c1-16-13-14-19-12(10-21(14)8-7-17-13)15(22)20-18-9-11-5-3-2-4-6-11/h2-10H,1H3,(H,16,17)(H,20,22)/b18-9+. The highest BCUT2D eigenvalue weighted by molar-refractivity contribution is 5.94. The van der Waals surface area contributed by atoms with Gasteiger partial charge in [0, 0.05) is 25.6 Å². The van der Waals surface area contributed by atoms with Gasteiger partial charge < -0.3 is 9.72 Å². The van der Waals surface area contributed by atoms with E-state index in [2.05, 4.69) is 25.8 Å². The number of aromatic nitrogens is 3. The average Bonchev–Trinajstić information content (AvgIpc) is 3.00. The Morgan fingerprint density at radius 3 is 2.91 bits per heavy atom. The summed E-state index contributed by atoms with van der Waals surface area (Å²) in [6.07, 6.45) is 6.57. The molecule has 0 aliphatic carbocycles. The molecular weight excluding hydrogens is 280 g/mol. The van der Waals surface area contributed by atoms with Gasteiger partial charge in [-0.05, 0) is 5.56 Å². The number of carbonyl (C=O) groups excluding carboxylic acids is 1. The van der Waals surface area contributed by atoms with E-state index in [9.17, 15) is 4.79 Å². The van der Waals surface area contributed by atoms with Gasteiger partial charge in [-0.15, -0.1) is 0 Å². The molecule has 0 aliphatic heterocycles. The number of rotatable bonds is 4. The fourth-order valence-corrected chi connectivity index (χ4v) is 1.97. The highest BCUT2D eigenvalue weighted by atomic mass is 16.2. The van der Waals surface area contributed by atoms with E-state index < -0.39 is 0 Å². The van der Waals surface area contributed by atoms with Crippen molar-refractivity contribution in [2.24, 2.45) is 5.10 Å². The van der Waals surface area contributed by atoms with Crippen molar-refractivity contribution >= 4 is 23.6 Å². The minimum Gasteiger partial charge on any atom is -0.370 e. The predicted octanol–water partition coefficient (Wildman–Crippen LogP) is 1.53. The Morgan fingerprint density at radius 1 is 1.32 bits per heavy atom. The van der Waals surface area contributed by atoms with Crippen LogP contribution in [0.5, 0.6) is 0 Å². The Bertz CT molecular complexity index is 824. The third kappa shape index (κ3) is 2.78. The van der Waals surface area contributed by atoms with Gasteiger partial charge in [-0.2, -0.15) is 5.10 Å². The van der Waals surface area contributed by atoms with Crippen LogP contribution in [0.1, 0.15) is 16.1 Å². The highest BCUT2D eigenvalue weighted by Gasteiger charge is 2.12. The quantitative estimate of drug-likeness (QED) is 0.564. The molecule has 0 unspecified atom stereocenters. The lowest BCUT2D eigenvalue weighted by atomic mass is 10.2.